The third kappa shape index (κ3) is 8.31. The van der Waals surface area contributed by atoms with Gasteiger partial charge < -0.3 is 78.4 Å². The number of cyclic esters (lactones) is 1. The SMILES string of the molecule is COC1CC(OC2CCC3(C)C(CCC45CCC(C6COC(=O)C6)C(C)(CCC43)C5=O)C2OC(C)=O)OC(C)C1OC1OC(COC2OC(CO)C(O)C(O)C2O)C(O)C(O)C1O. The summed E-state index contributed by atoms with van der Waals surface area (Å²) in [4.78, 5) is 39.7. The van der Waals surface area contributed by atoms with Crippen molar-refractivity contribution in [2.24, 2.45) is 39.9 Å². The highest BCUT2D eigenvalue weighted by Gasteiger charge is 2.70. The molecule has 358 valence electrons. The summed E-state index contributed by atoms with van der Waals surface area (Å²) >= 11 is 0. The first-order valence-corrected chi connectivity index (χ1v) is 22.9. The van der Waals surface area contributed by atoms with E-state index in [1.807, 2.05) is 0 Å². The minimum atomic E-state index is -1.75. The van der Waals surface area contributed by atoms with Crippen LogP contribution in [0.15, 0.2) is 0 Å². The van der Waals surface area contributed by atoms with E-state index in [9.17, 15) is 50.1 Å². The van der Waals surface area contributed by atoms with Gasteiger partial charge in [0.25, 0.3) is 0 Å². The highest BCUT2D eigenvalue weighted by molar-refractivity contribution is 5.92. The third-order valence-electron chi connectivity index (χ3n) is 16.8. The molecule has 0 amide bonds. The van der Waals surface area contributed by atoms with Gasteiger partial charge in [-0.25, -0.2) is 0 Å². The second kappa shape index (κ2) is 18.3. The number of methoxy groups -OCH3 is 1. The Morgan fingerprint density at radius 3 is 2.08 bits per heavy atom. The Bertz CT molecular complexity index is 1670. The predicted octanol–water partition coefficient (Wildman–Crippen LogP) is -0.382. The number of fused-ring (bicyclic) bond motifs is 3. The Labute approximate surface area is 366 Å². The van der Waals surface area contributed by atoms with Crippen LogP contribution in [0, 0.1) is 39.9 Å². The molecule has 2 bridgehead atoms. The highest BCUT2D eigenvalue weighted by Crippen LogP contribution is 2.70. The number of carbonyl (C=O) groups excluding carboxylic acids is 3. The van der Waals surface area contributed by atoms with Crippen LogP contribution in [0.5, 0.6) is 0 Å². The van der Waals surface area contributed by atoms with Gasteiger partial charge in [-0.1, -0.05) is 13.8 Å². The summed E-state index contributed by atoms with van der Waals surface area (Å²) in [5, 5.41) is 72.7. The van der Waals surface area contributed by atoms with Crippen molar-refractivity contribution in [2.45, 2.75) is 190 Å². The zero-order valence-corrected chi connectivity index (χ0v) is 36.8. The largest absolute Gasteiger partial charge is 0.465 e. The quantitative estimate of drug-likeness (QED) is 0.103. The number of esters is 2. The molecule has 23 atom stereocenters. The Hall–Kier alpha value is -1.95. The molecule has 4 aliphatic carbocycles. The van der Waals surface area contributed by atoms with Gasteiger partial charge in [-0.05, 0) is 75.5 Å². The molecular weight excluding hydrogens is 832 g/mol. The van der Waals surface area contributed by atoms with Crippen molar-refractivity contribution >= 4 is 17.7 Å². The van der Waals surface area contributed by atoms with Crippen molar-refractivity contribution in [2.75, 3.05) is 26.9 Å². The molecule has 4 saturated carbocycles. The number of carbonyl (C=O) groups is 3. The summed E-state index contributed by atoms with van der Waals surface area (Å²) in [7, 11) is 1.49. The zero-order chi connectivity index (χ0) is 45.3. The van der Waals surface area contributed by atoms with E-state index >= 15 is 0 Å². The molecule has 0 aromatic heterocycles. The van der Waals surface area contributed by atoms with Crippen LogP contribution in [0.1, 0.15) is 91.9 Å². The Balaban J connectivity index is 0.913. The summed E-state index contributed by atoms with van der Waals surface area (Å²) in [6, 6.07) is 0. The van der Waals surface area contributed by atoms with Gasteiger partial charge in [0, 0.05) is 43.1 Å². The van der Waals surface area contributed by atoms with Gasteiger partial charge in [-0.3, -0.25) is 14.4 Å². The molecule has 4 aliphatic heterocycles. The summed E-state index contributed by atoms with van der Waals surface area (Å²) < 4.78 is 53.5. The van der Waals surface area contributed by atoms with E-state index in [0.29, 0.717) is 38.1 Å². The molecule has 4 heterocycles. The first kappa shape index (κ1) is 47.5. The molecule has 8 aliphatic rings. The lowest BCUT2D eigenvalue weighted by Crippen LogP contribution is -2.67. The molecule has 0 aromatic rings. The topological polar surface area (TPSA) is 276 Å². The minimum Gasteiger partial charge on any atom is -0.465 e. The fourth-order valence-electron chi connectivity index (χ4n) is 13.6. The van der Waals surface area contributed by atoms with Crippen molar-refractivity contribution in [3.63, 3.8) is 0 Å². The normalized spacial score (nSPS) is 52.4. The predicted molar refractivity (Wildman–Crippen MR) is 212 cm³/mol. The number of aliphatic hydroxyl groups excluding tert-OH is 7. The third-order valence-corrected chi connectivity index (χ3v) is 16.8. The highest BCUT2D eigenvalue weighted by atomic mass is 16.8. The molecule has 23 unspecified atom stereocenters. The lowest BCUT2D eigenvalue weighted by atomic mass is 9.36. The fourth-order valence-corrected chi connectivity index (χ4v) is 13.6. The second-order valence-electron chi connectivity index (χ2n) is 20.2. The maximum Gasteiger partial charge on any atom is 0.306 e. The molecular formula is C44H68O19. The van der Waals surface area contributed by atoms with E-state index in [2.05, 4.69) is 13.8 Å². The average Bonchev–Trinajstić information content (AvgIpc) is 3.67. The monoisotopic (exact) mass is 900 g/mol. The Morgan fingerprint density at radius 1 is 0.762 bits per heavy atom. The zero-order valence-electron chi connectivity index (χ0n) is 36.8. The van der Waals surface area contributed by atoms with E-state index in [4.69, 9.17) is 42.6 Å². The number of hydrogen-bond donors (Lipinski definition) is 7. The lowest BCUT2D eigenvalue weighted by molar-refractivity contribution is -0.356. The van der Waals surface area contributed by atoms with E-state index < -0.39 is 128 Å². The number of Topliss-reactive ketones (excluding diaryl/α,β-unsaturated/α-hetero) is 1. The van der Waals surface area contributed by atoms with Crippen molar-refractivity contribution in [1.82, 2.24) is 0 Å². The Kier molecular flexibility index (Phi) is 13.8. The molecule has 63 heavy (non-hydrogen) atoms. The van der Waals surface area contributed by atoms with Gasteiger partial charge in [0.05, 0.1) is 44.6 Å². The summed E-state index contributed by atoms with van der Waals surface area (Å²) in [6.45, 7) is 6.71. The summed E-state index contributed by atoms with van der Waals surface area (Å²) in [5.74, 6) is -0.0234. The molecule has 19 nitrogen and oxygen atoms in total. The van der Waals surface area contributed by atoms with Crippen molar-refractivity contribution < 1.29 is 92.8 Å². The molecule has 0 aromatic carbocycles. The van der Waals surface area contributed by atoms with Crippen LogP contribution >= 0.6 is 0 Å². The van der Waals surface area contributed by atoms with Gasteiger partial charge in [0.1, 0.15) is 66.8 Å². The van der Waals surface area contributed by atoms with Crippen molar-refractivity contribution in [3.8, 4) is 0 Å². The van der Waals surface area contributed by atoms with Crippen molar-refractivity contribution in [3.05, 3.63) is 0 Å². The summed E-state index contributed by atoms with van der Waals surface area (Å²) in [5.41, 5.74) is -1.26. The van der Waals surface area contributed by atoms with Crippen LogP contribution in [-0.4, -0.2) is 179 Å². The van der Waals surface area contributed by atoms with Gasteiger partial charge >= 0.3 is 11.9 Å². The smallest absolute Gasteiger partial charge is 0.306 e. The number of ether oxygens (including phenoxy) is 9. The number of ketones is 1. The molecule has 8 rings (SSSR count). The van der Waals surface area contributed by atoms with E-state index in [-0.39, 0.29) is 41.5 Å². The van der Waals surface area contributed by atoms with Gasteiger partial charge in [0.15, 0.2) is 18.9 Å². The first-order chi connectivity index (χ1) is 29.9. The van der Waals surface area contributed by atoms with Crippen LogP contribution < -0.4 is 0 Å². The average molecular weight is 901 g/mol. The Morgan fingerprint density at radius 2 is 1.43 bits per heavy atom. The van der Waals surface area contributed by atoms with Crippen LogP contribution in [0.25, 0.3) is 0 Å². The molecule has 8 fully saturated rings. The lowest BCUT2D eigenvalue weighted by Gasteiger charge is -2.67. The van der Waals surface area contributed by atoms with E-state index in [1.54, 1.807) is 6.92 Å². The maximum absolute atomic E-state index is 14.8. The molecule has 1 spiro atoms. The van der Waals surface area contributed by atoms with E-state index in [1.165, 1.54) is 14.0 Å². The molecule has 0 radical (unpaired) electrons. The summed E-state index contributed by atoms with van der Waals surface area (Å²) in [6.07, 6.45) is -13.4. The molecule has 19 heteroatoms. The number of rotatable bonds is 11. The minimum absolute atomic E-state index is 0.0637. The van der Waals surface area contributed by atoms with Crippen LogP contribution in [0.4, 0.5) is 0 Å². The van der Waals surface area contributed by atoms with E-state index in [0.717, 1.165) is 32.1 Å². The van der Waals surface area contributed by atoms with Gasteiger partial charge in [0.2, 0.25) is 0 Å². The van der Waals surface area contributed by atoms with Crippen LogP contribution in [0.2, 0.25) is 0 Å². The van der Waals surface area contributed by atoms with Crippen LogP contribution in [-0.2, 0) is 57.0 Å². The molecule has 4 saturated heterocycles. The molecule has 7 N–H and O–H groups in total. The number of aliphatic hydroxyl groups is 7. The second-order valence-corrected chi connectivity index (χ2v) is 20.2. The van der Waals surface area contributed by atoms with Gasteiger partial charge in [-0.15, -0.1) is 0 Å². The van der Waals surface area contributed by atoms with Crippen molar-refractivity contribution in [1.29, 1.82) is 0 Å². The fraction of sp³-hybridized carbons (Fsp3) is 0.932. The standard InChI is InChI=1S/C44H68O19/c1-19-37(63-40-36(53)34(51)32(49)27(62-40)18-57-39-35(52)33(50)31(48)26(16-45)61-39)25(55-5)15-30(58-19)60-24-8-10-42(3)23(38(24)59-20(2)46)7-13-44-12-6-22(21-14-29(47)56-17-21)43(4,41(44)54)11-9-28(42)44/h19,21-28,30-40,45,48-53H,6-18H2,1-5H3. The number of hydrogen-bond acceptors (Lipinski definition) is 19. The van der Waals surface area contributed by atoms with Gasteiger partial charge in [-0.2, -0.15) is 0 Å². The maximum atomic E-state index is 14.8. The first-order valence-electron chi connectivity index (χ1n) is 22.9. The van der Waals surface area contributed by atoms with Crippen LogP contribution in [0.3, 0.4) is 0 Å².